The van der Waals surface area contributed by atoms with Crippen LogP contribution in [0.5, 0.6) is 11.5 Å². The van der Waals surface area contributed by atoms with Gasteiger partial charge >= 0.3 is 5.97 Å². The Balaban J connectivity index is 2.35. The van der Waals surface area contributed by atoms with Gasteiger partial charge in [0.1, 0.15) is 16.7 Å². The first-order chi connectivity index (χ1) is 13.9. The van der Waals surface area contributed by atoms with E-state index < -0.39 is 17.3 Å². The SMILES string of the molecule is COc1c(Cl)c(O)c(Cl)c(C[C@@H](C)[C@H](C)[C@H]2C[C@](C)(N)[C@@H](OC)[C@H](C)O2)c1C(=O)O. The van der Waals surface area contributed by atoms with Crippen LogP contribution in [0, 0.1) is 11.8 Å². The van der Waals surface area contributed by atoms with Gasteiger partial charge in [-0.15, -0.1) is 0 Å². The minimum absolute atomic E-state index is 0.0228. The number of phenolic OH excluding ortho intramolecular Hbond substituents is 1. The molecule has 2 rings (SSSR count). The van der Waals surface area contributed by atoms with E-state index in [1.54, 1.807) is 7.11 Å². The van der Waals surface area contributed by atoms with E-state index in [0.717, 1.165) is 0 Å². The maximum absolute atomic E-state index is 11.9. The third kappa shape index (κ3) is 4.65. The largest absolute Gasteiger partial charge is 0.505 e. The van der Waals surface area contributed by atoms with Crippen molar-refractivity contribution in [2.24, 2.45) is 17.6 Å². The maximum atomic E-state index is 11.9. The van der Waals surface area contributed by atoms with Crippen LogP contribution < -0.4 is 10.5 Å². The summed E-state index contributed by atoms with van der Waals surface area (Å²) in [4.78, 5) is 11.9. The standard InChI is InChI=1S/C21H31Cl2NO6/c1-9(10(2)13-8-21(4,24)19(29-6)11(3)30-13)7-12-14(20(26)27)18(28-5)16(23)17(25)15(12)22/h9-11,13,19,25H,7-8,24H2,1-6H3,(H,26,27)/t9-,10+,11+,13-,19+,21+/m1/s1. The lowest BCUT2D eigenvalue weighted by atomic mass is 9.76. The monoisotopic (exact) mass is 463 g/mol. The van der Waals surface area contributed by atoms with E-state index in [9.17, 15) is 15.0 Å². The Morgan fingerprint density at radius 2 is 1.93 bits per heavy atom. The fourth-order valence-electron chi connectivity index (χ4n) is 4.44. The van der Waals surface area contributed by atoms with Crippen molar-refractivity contribution in [2.75, 3.05) is 14.2 Å². The summed E-state index contributed by atoms with van der Waals surface area (Å²) in [6, 6.07) is 0. The minimum atomic E-state index is -1.23. The predicted octanol–water partition coefficient (Wildman–Crippen LogP) is 4.13. The molecule has 1 aliphatic rings. The molecule has 170 valence electrons. The van der Waals surface area contributed by atoms with Crippen LogP contribution in [0.2, 0.25) is 10.0 Å². The van der Waals surface area contributed by atoms with Crippen LogP contribution in [0.25, 0.3) is 0 Å². The molecule has 1 heterocycles. The van der Waals surface area contributed by atoms with Gasteiger partial charge in [-0.05, 0) is 44.1 Å². The Hall–Kier alpha value is -1.25. The number of carboxylic acids is 1. The molecular weight excluding hydrogens is 433 g/mol. The summed E-state index contributed by atoms with van der Waals surface area (Å²) >= 11 is 12.3. The van der Waals surface area contributed by atoms with Crippen molar-refractivity contribution in [3.05, 3.63) is 21.2 Å². The number of methoxy groups -OCH3 is 2. The number of phenols is 1. The second-order valence-corrected chi connectivity index (χ2v) is 9.21. The number of aromatic hydroxyl groups is 1. The summed E-state index contributed by atoms with van der Waals surface area (Å²) in [5.41, 5.74) is 6.07. The van der Waals surface area contributed by atoms with Gasteiger partial charge in [0, 0.05) is 12.6 Å². The molecular formula is C21H31Cl2NO6. The number of nitrogens with two attached hydrogens (primary N) is 1. The zero-order valence-electron chi connectivity index (χ0n) is 18.2. The van der Waals surface area contributed by atoms with E-state index in [-0.39, 0.29) is 63.5 Å². The Labute approximate surface area is 187 Å². The Kier molecular flexibility index (Phi) is 7.91. The van der Waals surface area contributed by atoms with Crippen LogP contribution in [0.15, 0.2) is 0 Å². The highest BCUT2D eigenvalue weighted by Crippen LogP contribution is 2.46. The van der Waals surface area contributed by atoms with Crippen molar-refractivity contribution in [3.63, 3.8) is 0 Å². The number of carboxylic acid groups (broad SMARTS) is 1. The van der Waals surface area contributed by atoms with E-state index in [1.165, 1.54) is 7.11 Å². The van der Waals surface area contributed by atoms with Crippen molar-refractivity contribution in [2.45, 2.75) is 64.4 Å². The topological polar surface area (TPSA) is 111 Å². The summed E-state index contributed by atoms with van der Waals surface area (Å²) in [5, 5.41) is 19.7. The number of benzene rings is 1. The van der Waals surface area contributed by atoms with Gasteiger partial charge in [0.25, 0.3) is 0 Å². The molecule has 0 spiro atoms. The van der Waals surface area contributed by atoms with E-state index in [0.29, 0.717) is 6.42 Å². The molecule has 1 aromatic rings. The average molecular weight is 464 g/mol. The van der Waals surface area contributed by atoms with E-state index in [4.69, 9.17) is 43.1 Å². The molecule has 4 N–H and O–H groups in total. The molecule has 1 aliphatic heterocycles. The van der Waals surface area contributed by atoms with Crippen LogP contribution >= 0.6 is 23.2 Å². The Bertz CT molecular complexity index is 800. The van der Waals surface area contributed by atoms with Crippen molar-refractivity contribution >= 4 is 29.2 Å². The molecule has 1 saturated heterocycles. The number of aromatic carboxylic acids is 1. The van der Waals surface area contributed by atoms with Crippen molar-refractivity contribution in [1.82, 2.24) is 0 Å². The maximum Gasteiger partial charge on any atom is 0.339 e. The normalized spacial score (nSPS) is 28.8. The molecule has 0 unspecified atom stereocenters. The van der Waals surface area contributed by atoms with Gasteiger partial charge in [0.15, 0.2) is 11.5 Å². The van der Waals surface area contributed by atoms with Crippen molar-refractivity contribution in [3.8, 4) is 11.5 Å². The summed E-state index contributed by atoms with van der Waals surface area (Å²) in [5.74, 6) is -1.76. The molecule has 7 nitrogen and oxygen atoms in total. The molecule has 0 radical (unpaired) electrons. The van der Waals surface area contributed by atoms with Gasteiger partial charge < -0.3 is 30.2 Å². The highest BCUT2D eigenvalue weighted by Gasteiger charge is 2.45. The molecule has 6 atom stereocenters. The highest BCUT2D eigenvalue weighted by molar-refractivity contribution is 6.39. The number of hydrogen-bond acceptors (Lipinski definition) is 6. The summed E-state index contributed by atoms with van der Waals surface area (Å²) < 4.78 is 16.9. The van der Waals surface area contributed by atoms with Crippen molar-refractivity contribution in [1.29, 1.82) is 0 Å². The van der Waals surface area contributed by atoms with E-state index in [2.05, 4.69) is 0 Å². The molecule has 1 fully saturated rings. The van der Waals surface area contributed by atoms with Crippen LogP contribution in [0.3, 0.4) is 0 Å². The van der Waals surface area contributed by atoms with Crippen molar-refractivity contribution < 1.29 is 29.2 Å². The Morgan fingerprint density at radius 3 is 2.40 bits per heavy atom. The summed E-state index contributed by atoms with van der Waals surface area (Å²) in [7, 11) is 2.92. The smallest absolute Gasteiger partial charge is 0.339 e. The van der Waals surface area contributed by atoms with Crippen LogP contribution in [0.1, 0.15) is 50.0 Å². The van der Waals surface area contributed by atoms with Gasteiger partial charge in [0.05, 0.1) is 24.3 Å². The second-order valence-electron chi connectivity index (χ2n) is 8.45. The van der Waals surface area contributed by atoms with Crippen LogP contribution in [-0.4, -0.2) is 54.3 Å². The summed E-state index contributed by atoms with van der Waals surface area (Å²) in [6.07, 6.45) is 0.325. The number of halogens is 2. The van der Waals surface area contributed by atoms with Crippen LogP contribution in [-0.2, 0) is 15.9 Å². The average Bonchev–Trinajstić information content (AvgIpc) is 2.66. The lowest BCUT2D eigenvalue weighted by molar-refractivity contribution is -0.170. The lowest BCUT2D eigenvalue weighted by Gasteiger charge is -2.47. The van der Waals surface area contributed by atoms with Gasteiger partial charge in [0.2, 0.25) is 0 Å². The molecule has 0 saturated carbocycles. The van der Waals surface area contributed by atoms with Crippen LogP contribution in [0.4, 0.5) is 0 Å². The van der Waals surface area contributed by atoms with Gasteiger partial charge in [-0.3, -0.25) is 0 Å². The number of rotatable bonds is 7. The third-order valence-electron chi connectivity index (χ3n) is 6.20. The number of hydrogen-bond donors (Lipinski definition) is 3. The molecule has 0 bridgehead atoms. The fourth-order valence-corrected chi connectivity index (χ4v) is 5.02. The zero-order chi connectivity index (χ0) is 23.0. The molecule has 1 aromatic carbocycles. The lowest BCUT2D eigenvalue weighted by Crippen LogP contribution is -2.61. The van der Waals surface area contributed by atoms with E-state index in [1.807, 2.05) is 27.7 Å². The third-order valence-corrected chi connectivity index (χ3v) is 6.96. The zero-order valence-corrected chi connectivity index (χ0v) is 19.7. The number of ether oxygens (including phenoxy) is 3. The van der Waals surface area contributed by atoms with Gasteiger partial charge in [-0.25, -0.2) is 4.79 Å². The molecule has 0 aromatic heterocycles. The molecule has 0 aliphatic carbocycles. The first kappa shape index (κ1) is 25.0. The van der Waals surface area contributed by atoms with E-state index >= 15 is 0 Å². The predicted molar refractivity (Wildman–Crippen MR) is 116 cm³/mol. The molecule has 30 heavy (non-hydrogen) atoms. The first-order valence-electron chi connectivity index (χ1n) is 9.84. The Morgan fingerprint density at radius 1 is 1.33 bits per heavy atom. The van der Waals surface area contributed by atoms with Gasteiger partial charge in [-0.1, -0.05) is 37.0 Å². The molecule has 9 heteroatoms. The first-order valence-corrected chi connectivity index (χ1v) is 10.6. The number of carbonyl (C=O) groups is 1. The quantitative estimate of drug-likeness (QED) is 0.556. The second kappa shape index (κ2) is 9.49. The minimum Gasteiger partial charge on any atom is -0.505 e. The molecule has 0 amide bonds. The highest BCUT2D eigenvalue weighted by atomic mass is 35.5. The fraction of sp³-hybridized carbons (Fsp3) is 0.667. The van der Waals surface area contributed by atoms with Gasteiger partial charge in [-0.2, -0.15) is 0 Å². The summed E-state index contributed by atoms with van der Waals surface area (Å²) in [6.45, 7) is 7.90.